The summed E-state index contributed by atoms with van der Waals surface area (Å²) >= 11 is 3.20. The zero-order valence-electron chi connectivity index (χ0n) is 10.3. The van der Waals surface area contributed by atoms with Crippen molar-refractivity contribution in [2.75, 3.05) is 6.54 Å². The van der Waals surface area contributed by atoms with Crippen molar-refractivity contribution in [3.05, 3.63) is 28.2 Å². The molecule has 19 heavy (non-hydrogen) atoms. The van der Waals surface area contributed by atoms with Gasteiger partial charge in [-0.15, -0.1) is 0 Å². The van der Waals surface area contributed by atoms with Crippen molar-refractivity contribution in [2.24, 2.45) is 0 Å². The molecule has 0 atom stereocenters. The summed E-state index contributed by atoms with van der Waals surface area (Å²) in [5.41, 5.74) is 0.382. The second-order valence-electron chi connectivity index (χ2n) is 4.82. The second kappa shape index (κ2) is 6.15. The Hall–Kier alpha value is -0.720. The number of ether oxygens (including phenoxy) is 1. The standard InChI is InChI=1S/C13H16BrF2NO2/c14-10-6-9(2-3-11(10)19-12(15)16)7-17-8-13(18)4-1-5-13/h2-3,6,12,17-18H,1,4-5,7-8H2. The summed E-state index contributed by atoms with van der Waals surface area (Å²) in [5.74, 6) is 0.122. The molecule has 0 aromatic heterocycles. The van der Waals surface area contributed by atoms with Gasteiger partial charge in [0.15, 0.2) is 0 Å². The van der Waals surface area contributed by atoms with Gasteiger partial charge >= 0.3 is 6.61 Å². The summed E-state index contributed by atoms with van der Waals surface area (Å²) in [6.07, 6.45) is 2.75. The molecule has 1 aliphatic rings. The van der Waals surface area contributed by atoms with E-state index in [1.807, 2.05) is 0 Å². The molecule has 1 aliphatic carbocycles. The smallest absolute Gasteiger partial charge is 0.387 e. The number of nitrogens with one attached hydrogen (secondary N) is 1. The Kier molecular flexibility index (Phi) is 4.76. The molecular formula is C13H16BrF2NO2. The molecule has 6 heteroatoms. The predicted octanol–water partition coefficient (Wildman–Crippen LogP) is 3.06. The predicted molar refractivity (Wildman–Crippen MR) is 71.3 cm³/mol. The highest BCUT2D eigenvalue weighted by Gasteiger charge is 2.33. The molecule has 0 heterocycles. The van der Waals surface area contributed by atoms with E-state index >= 15 is 0 Å². The number of aliphatic hydroxyl groups is 1. The molecular weight excluding hydrogens is 320 g/mol. The molecule has 1 saturated carbocycles. The van der Waals surface area contributed by atoms with Gasteiger partial charge in [0.1, 0.15) is 5.75 Å². The van der Waals surface area contributed by atoms with Crippen LogP contribution in [0, 0.1) is 0 Å². The fourth-order valence-corrected chi connectivity index (χ4v) is 2.57. The summed E-state index contributed by atoms with van der Waals surface area (Å²) in [4.78, 5) is 0. The van der Waals surface area contributed by atoms with E-state index in [-0.39, 0.29) is 5.75 Å². The van der Waals surface area contributed by atoms with E-state index in [4.69, 9.17) is 0 Å². The van der Waals surface area contributed by atoms with Crippen LogP contribution in [0.25, 0.3) is 0 Å². The van der Waals surface area contributed by atoms with Crippen molar-refractivity contribution >= 4 is 15.9 Å². The van der Waals surface area contributed by atoms with Crippen LogP contribution in [0.2, 0.25) is 0 Å². The molecule has 0 aliphatic heterocycles. The molecule has 1 fully saturated rings. The Morgan fingerprint density at radius 1 is 1.42 bits per heavy atom. The SMILES string of the molecule is OC1(CNCc2ccc(OC(F)F)c(Br)c2)CCC1. The Morgan fingerprint density at radius 3 is 2.68 bits per heavy atom. The van der Waals surface area contributed by atoms with Crippen LogP contribution in [0.3, 0.4) is 0 Å². The quantitative estimate of drug-likeness (QED) is 0.839. The Balaban J connectivity index is 1.85. The summed E-state index contributed by atoms with van der Waals surface area (Å²) < 4.78 is 29.0. The van der Waals surface area contributed by atoms with E-state index in [2.05, 4.69) is 26.0 Å². The highest BCUT2D eigenvalue weighted by atomic mass is 79.9. The Morgan fingerprint density at radius 2 is 2.16 bits per heavy atom. The lowest BCUT2D eigenvalue weighted by molar-refractivity contribution is -0.0504. The first-order chi connectivity index (χ1) is 8.98. The van der Waals surface area contributed by atoms with E-state index in [9.17, 15) is 13.9 Å². The molecule has 0 spiro atoms. The largest absolute Gasteiger partial charge is 0.434 e. The molecule has 1 aromatic rings. The van der Waals surface area contributed by atoms with Crippen molar-refractivity contribution in [1.29, 1.82) is 0 Å². The molecule has 2 rings (SSSR count). The molecule has 0 unspecified atom stereocenters. The number of halogens is 3. The van der Waals surface area contributed by atoms with Crippen LogP contribution >= 0.6 is 15.9 Å². The van der Waals surface area contributed by atoms with E-state index in [1.54, 1.807) is 12.1 Å². The van der Waals surface area contributed by atoms with E-state index in [0.29, 0.717) is 17.6 Å². The minimum absolute atomic E-state index is 0.122. The maximum atomic E-state index is 12.1. The number of hydrogen-bond acceptors (Lipinski definition) is 3. The third-order valence-corrected chi connectivity index (χ3v) is 3.90. The topological polar surface area (TPSA) is 41.5 Å². The van der Waals surface area contributed by atoms with Crippen LogP contribution in [0.15, 0.2) is 22.7 Å². The number of benzene rings is 1. The van der Waals surface area contributed by atoms with Gasteiger partial charge in [0.2, 0.25) is 0 Å². The lowest BCUT2D eigenvalue weighted by Crippen LogP contribution is -2.45. The fraction of sp³-hybridized carbons (Fsp3) is 0.538. The van der Waals surface area contributed by atoms with Crippen LogP contribution in [-0.4, -0.2) is 23.9 Å². The first kappa shape index (κ1) is 14.7. The van der Waals surface area contributed by atoms with Gasteiger partial charge in [-0.25, -0.2) is 0 Å². The fourth-order valence-electron chi connectivity index (χ4n) is 2.05. The minimum Gasteiger partial charge on any atom is -0.434 e. The molecule has 0 saturated heterocycles. The van der Waals surface area contributed by atoms with Crippen LogP contribution < -0.4 is 10.1 Å². The van der Waals surface area contributed by atoms with Crippen molar-refractivity contribution in [3.63, 3.8) is 0 Å². The third kappa shape index (κ3) is 4.12. The highest BCUT2D eigenvalue weighted by Crippen LogP contribution is 2.31. The van der Waals surface area contributed by atoms with E-state index in [0.717, 1.165) is 24.8 Å². The zero-order chi connectivity index (χ0) is 13.9. The van der Waals surface area contributed by atoms with Gasteiger partial charge in [0, 0.05) is 13.1 Å². The Bertz CT molecular complexity index is 439. The van der Waals surface area contributed by atoms with Crippen molar-refractivity contribution in [3.8, 4) is 5.75 Å². The van der Waals surface area contributed by atoms with Gasteiger partial charge in [0.25, 0.3) is 0 Å². The average molecular weight is 336 g/mol. The number of rotatable bonds is 6. The lowest BCUT2D eigenvalue weighted by Gasteiger charge is -2.36. The van der Waals surface area contributed by atoms with Crippen LogP contribution in [0.4, 0.5) is 8.78 Å². The third-order valence-electron chi connectivity index (χ3n) is 3.28. The monoisotopic (exact) mass is 335 g/mol. The van der Waals surface area contributed by atoms with Crippen LogP contribution in [0.5, 0.6) is 5.75 Å². The van der Waals surface area contributed by atoms with E-state index < -0.39 is 12.2 Å². The summed E-state index contributed by atoms with van der Waals surface area (Å²) in [7, 11) is 0. The number of hydrogen-bond donors (Lipinski definition) is 2. The van der Waals surface area contributed by atoms with Crippen molar-refractivity contribution in [1.82, 2.24) is 5.32 Å². The highest BCUT2D eigenvalue weighted by molar-refractivity contribution is 9.10. The van der Waals surface area contributed by atoms with Gasteiger partial charge < -0.3 is 15.2 Å². The Labute approximate surface area is 119 Å². The molecule has 3 nitrogen and oxygen atoms in total. The summed E-state index contributed by atoms with van der Waals surface area (Å²) in [6.45, 7) is -1.69. The second-order valence-corrected chi connectivity index (χ2v) is 5.68. The van der Waals surface area contributed by atoms with Gasteiger partial charge in [0.05, 0.1) is 10.1 Å². The van der Waals surface area contributed by atoms with Crippen LogP contribution in [-0.2, 0) is 6.54 Å². The van der Waals surface area contributed by atoms with Gasteiger partial charge in [-0.1, -0.05) is 6.07 Å². The molecule has 0 amide bonds. The molecule has 1 aromatic carbocycles. The molecule has 0 bridgehead atoms. The van der Waals surface area contributed by atoms with Crippen molar-refractivity contribution < 1.29 is 18.6 Å². The molecule has 2 N–H and O–H groups in total. The summed E-state index contributed by atoms with van der Waals surface area (Å²) in [6, 6.07) is 4.96. The molecule has 106 valence electrons. The molecule has 0 radical (unpaired) electrons. The maximum absolute atomic E-state index is 12.1. The van der Waals surface area contributed by atoms with Crippen LogP contribution in [0.1, 0.15) is 24.8 Å². The van der Waals surface area contributed by atoms with Gasteiger partial charge in [-0.3, -0.25) is 0 Å². The first-order valence-corrected chi connectivity index (χ1v) is 6.94. The lowest BCUT2D eigenvalue weighted by atomic mass is 9.80. The normalized spacial score (nSPS) is 17.3. The summed E-state index contributed by atoms with van der Waals surface area (Å²) in [5, 5.41) is 13.1. The average Bonchev–Trinajstić information content (AvgIpc) is 2.30. The number of alkyl halides is 2. The van der Waals surface area contributed by atoms with Gasteiger partial charge in [-0.05, 0) is 52.9 Å². The van der Waals surface area contributed by atoms with Gasteiger partial charge in [-0.2, -0.15) is 8.78 Å². The zero-order valence-corrected chi connectivity index (χ0v) is 11.9. The van der Waals surface area contributed by atoms with Crippen molar-refractivity contribution in [2.45, 2.75) is 38.0 Å². The maximum Gasteiger partial charge on any atom is 0.387 e. The minimum atomic E-state index is -2.83. The first-order valence-electron chi connectivity index (χ1n) is 6.15. The van der Waals surface area contributed by atoms with E-state index in [1.165, 1.54) is 6.07 Å².